The highest BCUT2D eigenvalue weighted by Crippen LogP contribution is 2.22. The zero-order valence-corrected chi connectivity index (χ0v) is 23.1. The second-order valence-electron chi connectivity index (χ2n) is 8.30. The van der Waals surface area contributed by atoms with Crippen LogP contribution in [0.25, 0.3) is 16.6 Å². The molecule has 0 aliphatic carbocycles. The molecule has 4 aromatic carbocycles. The fourth-order valence-corrected chi connectivity index (χ4v) is 4.83. The van der Waals surface area contributed by atoms with E-state index < -0.39 is 5.91 Å². The summed E-state index contributed by atoms with van der Waals surface area (Å²) in [4.78, 5) is 30.9. The van der Waals surface area contributed by atoms with Gasteiger partial charge in [0, 0.05) is 10.6 Å². The molecule has 0 spiro atoms. The Morgan fingerprint density at radius 2 is 1.57 bits per heavy atom. The topological polar surface area (TPSA) is 101 Å². The maximum atomic E-state index is 13.4. The van der Waals surface area contributed by atoms with Crippen LogP contribution in [0.4, 0.5) is 5.69 Å². The van der Waals surface area contributed by atoms with Gasteiger partial charge >= 0.3 is 0 Å². The first-order chi connectivity index (χ1) is 19.5. The number of carbonyl (C=O) groups excluding carboxylic acids is 1. The Labute approximate surface area is 243 Å². The average molecular weight is 587 g/mol. The molecule has 5 rings (SSSR count). The number of nitrogens with zero attached hydrogens (tertiary/aromatic N) is 5. The van der Waals surface area contributed by atoms with Crippen molar-refractivity contribution in [2.24, 2.45) is 15.3 Å². The Bertz CT molecular complexity index is 1790. The lowest BCUT2D eigenvalue weighted by atomic mass is 10.2. The van der Waals surface area contributed by atoms with Crippen molar-refractivity contribution in [3.8, 4) is 5.69 Å². The standard InChI is InChI=1S/C29H20Cl2N6O2S/c30-19-14-16-20(17-15-19)33-35-27(22-10-4-6-12-24(22)31)36-34-26(38)18-40-29-32-25-13-7-5-11-23(25)28(39)37(29)21-8-2-1-3-9-21/h1-17H,18H2,(H,34,38)/b35-33?,36-27+. The van der Waals surface area contributed by atoms with Crippen molar-refractivity contribution in [3.05, 3.63) is 129 Å². The van der Waals surface area contributed by atoms with E-state index in [-0.39, 0.29) is 17.1 Å². The third-order valence-electron chi connectivity index (χ3n) is 5.58. The van der Waals surface area contributed by atoms with Crippen molar-refractivity contribution in [2.75, 3.05) is 5.75 Å². The Hall–Kier alpha value is -4.31. The van der Waals surface area contributed by atoms with E-state index in [0.29, 0.717) is 43.0 Å². The molecule has 8 nitrogen and oxygen atoms in total. The molecule has 1 aromatic heterocycles. The van der Waals surface area contributed by atoms with Gasteiger partial charge in [-0.3, -0.25) is 14.2 Å². The molecule has 40 heavy (non-hydrogen) atoms. The smallest absolute Gasteiger partial charge is 0.266 e. The molecule has 0 atom stereocenters. The molecule has 1 amide bonds. The van der Waals surface area contributed by atoms with E-state index in [1.54, 1.807) is 66.7 Å². The molecule has 0 aliphatic rings. The molecule has 5 aromatic rings. The van der Waals surface area contributed by atoms with E-state index in [1.807, 2.05) is 36.4 Å². The number of hydrazone groups is 1. The van der Waals surface area contributed by atoms with Gasteiger partial charge < -0.3 is 0 Å². The molecule has 0 bridgehead atoms. The maximum absolute atomic E-state index is 13.4. The largest absolute Gasteiger partial charge is 0.272 e. The number of amidine groups is 1. The average Bonchev–Trinajstić information content (AvgIpc) is 2.98. The number of thioether (sulfide) groups is 1. The zero-order valence-electron chi connectivity index (χ0n) is 20.7. The van der Waals surface area contributed by atoms with Crippen molar-refractivity contribution in [1.29, 1.82) is 0 Å². The number of amides is 1. The summed E-state index contributed by atoms with van der Waals surface area (Å²) >= 11 is 13.4. The quantitative estimate of drug-likeness (QED) is 0.0551. The Morgan fingerprint density at radius 3 is 2.35 bits per heavy atom. The van der Waals surface area contributed by atoms with Crippen molar-refractivity contribution in [1.82, 2.24) is 15.0 Å². The predicted octanol–water partition coefficient (Wildman–Crippen LogP) is 7.05. The molecule has 1 N–H and O–H groups in total. The Balaban J connectivity index is 1.40. The minimum Gasteiger partial charge on any atom is -0.272 e. The molecule has 198 valence electrons. The number of hydrogen-bond acceptors (Lipinski definition) is 6. The number of rotatable bonds is 7. The van der Waals surface area contributed by atoms with Crippen LogP contribution in [0.3, 0.4) is 0 Å². The summed E-state index contributed by atoms with van der Waals surface area (Å²) in [6.45, 7) is 0. The molecule has 11 heteroatoms. The van der Waals surface area contributed by atoms with Crippen molar-refractivity contribution in [2.45, 2.75) is 5.16 Å². The lowest BCUT2D eigenvalue weighted by Gasteiger charge is -2.13. The van der Waals surface area contributed by atoms with Gasteiger partial charge in [-0.1, -0.05) is 77.4 Å². The summed E-state index contributed by atoms with van der Waals surface area (Å²) in [7, 11) is 0. The first kappa shape index (κ1) is 27.3. The predicted molar refractivity (Wildman–Crippen MR) is 160 cm³/mol. The molecule has 1 heterocycles. The number of para-hydroxylation sites is 2. The van der Waals surface area contributed by atoms with Crippen LogP contribution in [0, 0.1) is 0 Å². The third-order valence-corrected chi connectivity index (χ3v) is 7.10. The molecule has 0 unspecified atom stereocenters. The summed E-state index contributed by atoms with van der Waals surface area (Å²) in [6, 6.07) is 30.0. The van der Waals surface area contributed by atoms with E-state index in [9.17, 15) is 9.59 Å². The number of aromatic nitrogens is 2. The number of nitrogens with one attached hydrogen (secondary N) is 1. The fourth-order valence-electron chi connectivity index (χ4n) is 3.68. The SMILES string of the molecule is O=C(CSc1nc2ccccc2c(=O)n1-c1ccccc1)N/N=C(/N=Nc1ccc(Cl)cc1)c1ccccc1Cl. The molecular formula is C29H20Cl2N6O2S. The van der Waals surface area contributed by atoms with E-state index in [4.69, 9.17) is 23.2 Å². The number of fused-ring (bicyclic) bond motifs is 1. The van der Waals surface area contributed by atoms with Gasteiger partial charge in [-0.15, -0.1) is 10.2 Å². The number of hydrogen-bond donors (Lipinski definition) is 1. The highest BCUT2D eigenvalue weighted by Gasteiger charge is 2.15. The second-order valence-corrected chi connectivity index (χ2v) is 10.1. The highest BCUT2D eigenvalue weighted by atomic mass is 35.5. The monoisotopic (exact) mass is 586 g/mol. The van der Waals surface area contributed by atoms with Gasteiger partial charge in [0.05, 0.1) is 33.1 Å². The van der Waals surface area contributed by atoms with Gasteiger partial charge in [0.15, 0.2) is 5.16 Å². The van der Waals surface area contributed by atoms with Crippen molar-refractivity contribution >= 4 is 63.3 Å². The van der Waals surface area contributed by atoms with Crippen LogP contribution >= 0.6 is 35.0 Å². The summed E-state index contributed by atoms with van der Waals surface area (Å²) in [5.41, 5.74) is 4.53. The molecule has 0 saturated heterocycles. The van der Waals surface area contributed by atoms with Crippen LogP contribution in [0.15, 0.2) is 128 Å². The molecular weight excluding hydrogens is 567 g/mol. The molecule has 0 aliphatic heterocycles. The van der Waals surface area contributed by atoms with Gasteiger partial charge in [0.2, 0.25) is 5.84 Å². The number of halogens is 2. The number of carbonyl (C=O) groups is 1. The highest BCUT2D eigenvalue weighted by molar-refractivity contribution is 7.99. The minimum absolute atomic E-state index is 0.0642. The van der Waals surface area contributed by atoms with Gasteiger partial charge in [0.1, 0.15) is 0 Å². The minimum atomic E-state index is -0.432. The van der Waals surface area contributed by atoms with Gasteiger partial charge in [-0.25, -0.2) is 10.4 Å². The second kappa shape index (κ2) is 12.7. The van der Waals surface area contributed by atoms with Crippen molar-refractivity contribution in [3.63, 3.8) is 0 Å². The fraction of sp³-hybridized carbons (Fsp3) is 0.0345. The lowest BCUT2D eigenvalue weighted by molar-refractivity contribution is -0.118. The molecule has 0 fully saturated rings. The zero-order chi connectivity index (χ0) is 27.9. The Morgan fingerprint density at radius 1 is 0.875 bits per heavy atom. The number of azo groups is 1. The van der Waals surface area contributed by atoms with Gasteiger partial charge in [0.25, 0.3) is 11.5 Å². The van der Waals surface area contributed by atoms with E-state index in [0.717, 1.165) is 11.8 Å². The van der Waals surface area contributed by atoms with Crippen LogP contribution in [-0.2, 0) is 4.79 Å². The summed E-state index contributed by atoms with van der Waals surface area (Å²) in [5.74, 6) is -0.382. The number of benzene rings is 4. The lowest BCUT2D eigenvalue weighted by Crippen LogP contribution is -2.24. The summed E-state index contributed by atoms with van der Waals surface area (Å²) < 4.78 is 1.50. The van der Waals surface area contributed by atoms with Crippen molar-refractivity contribution < 1.29 is 4.79 Å². The van der Waals surface area contributed by atoms with E-state index >= 15 is 0 Å². The normalized spacial score (nSPS) is 11.7. The van der Waals surface area contributed by atoms with Crippen LogP contribution in [0.2, 0.25) is 10.0 Å². The Kier molecular flexibility index (Phi) is 8.65. The molecule has 0 saturated carbocycles. The van der Waals surface area contributed by atoms with Crippen LogP contribution in [0.5, 0.6) is 0 Å². The van der Waals surface area contributed by atoms with Gasteiger partial charge in [-0.05, 0) is 60.7 Å². The maximum Gasteiger partial charge on any atom is 0.266 e. The van der Waals surface area contributed by atoms with Crippen LogP contribution < -0.4 is 11.0 Å². The van der Waals surface area contributed by atoms with E-state index in [2.05, 4.69) is 25.7 Å². The summed E-state index contributed by atoms with van der Waals surface area (Å²) in [5, 5.41) is 14.4. The first-order valence-corrected chi connectivity index (χ1v) is 13.7. The molecule has 0 radical (unpaired) electrons. The van der Waals surface area contributed by atoms with E-state index in [1.165, 1.54) is 4.57 Å². The van der Waals surface area contributed by atoms with Crippen LogP contribution in [0.1, 0.15) is 5.56 Å². The van der Waals surface area contributed by atoms with Gasteiger partial charge in [-0.2, -0.15) is 5.10 Å². The third kappa shape index (κ3) is 6.45. The first-order valence-electron chi connectivity index (χ1n) is 12.0. The summed E-state index contributed by atoms with van der Waals surface area (Å²) in [6.07, 6.45) is 0. The van der Waals surface area contributed by atoms with Crippen LogP contribution in [-0.4, -0.2) is 27.0 Å².